The minimum atomic E-state index is -0.337. The van der Waals surface area contributed by atoms with Gasteiger partial charge in [0, 0.05) is 34.1 Å². The Morgan fingerprint density at radius 2 is 1.82 bits per heavy atom. The maximum absolute atomic E-state index is 13.1. The monoisotopic (exact) mass is 483 g/mol. The molecule has 0 atom stereocenters. The van der Waals surface area contributed by atoms with Crippen LogP contribution in [0.1, 0.15) is 39.8 Å². The van der Waals surface area contributed by atoms with Gasteiger partial charge in [0.2, 0.25) is 5.96 Å². The Morgan fingerprint density at radius 3 is 2.44 bits per heavy atom. The molecule has 0 spiro atoms. The molecule has 34 heavy (non-hydrogen) atoms. The molecule has 8 nitrogen and oxygen atoms in total. The topological polar surface area (TPSA) is 89.8 Å². The lowest BCUT2D eigenvalue weighted by Gasteiger charge is -2.15. The van der Waals surface area contributed by atoms with Crippen LogP contribution in [0.25, 0.3) is 0 Å². The highest BCUT2D eigenvalue weighted by atomic mass is 35.5. The van der Waals surface area contributed by atoms with E-state index in [1.807, 2.05) is 44.5 Å². The van der Waals surface area contributed by atoms with E-state index in [4.69, 9.17) is 26.1 Å². The first-order chi connectivity index (χ1) is 16.3. The van der Waals surface area contributed by atoms with Gasteiger partial charge in [0.15, 0.2) is 11.5 Å². The van der Waals surface area contributed by atoms with E-state index in [1.54, 1.807) is 31.4 Å². The quantitative estimate of drug-likeness (QED) is 0.368. The van der Waals surface area contributed by atoms with Crippen molar-refractivity contribution in [3.63, 3.8) is 0 Å². The predicted molar refractivity (Wildman–Crippen MR) is 135 cm³/mol. The first-order valence-corrected chi connectivity index (χ1v) is 11.3. The number of benzene rings is 2. The van der Waals surface area contributed by atoms with E-state index in [0.29, 0.717) is 34.6 Å². The number of aliphatic imine (C=N–C) groups is 1. The number of aromatic nitrogens is 2. The Bertz CT molecular complexity index is 1220. The second-order valence-corrected chi connectivity index (χ2v) is 8.17. The van der Waals surface area contributed by atoms with Gasteiger partial charge in [-0.2, -0.15) is 5.10 Å². The van der Waals surface area contributed by atoms with Gasteiger partial charge in [-0.3, -0.25) is 14.8 Å². The first kappa shape index (κ1) is 25.1. The third kappa shape index (κ3) is 5.69. The van der Waals surface area contributed by atoms with Crippen LogP contribution in [-0.4, -0.2) is 35.9 Å². The van der Waals surface area contributed by atoms with E-state index in [9.17, 15) is 4.79 Å². The van der Waals surface area contributed by atoms with Crippen LogP contribution in [-0.2, 0) is 13.1 Å². The molecule has 0 fully saturated rings. The number of hydrogen-bond donors (Lipinski definition) is 2. The molecule has 0 saturated carbocycles. The summed E-state index contributed by atoms with van der Waals surface area (Å²) in [6.45, 7) is 9.10. The van der Waals surface area contributed by atoms with Crippen LogP contribution >= 0.6 is 11.6 Å². The largest absolute Gasteiger partial charge is 0.493 e. The number of methoxy groups -OCH3 is 2. The summed E-state index contributed by atoms with van der Waals surface area (Å²) in [4.78, 5) is 17.8. The minimum absolute atomic E-state index is 0.313. The number of aryl methyl sites for hydroxylation is 3. The van der Waals surface area contributed by atoms with Gasteiger partial charge in [0.05, 0.1) is 26.5 Å². The van der Waals surface area contributed by atoms with Gasteiger partial charge in [-0.25, -0.2) is 4.99 Å². The third-order valence-corrected chi connectivity index (χ3v) is 5.78. The average Bonchev–Trinajstić information content (AvgIpc) is 3.10. The Hall–Kier alpha value is -3.52. The number of amides is 1. The Labute approximate surface area is 204 Å². The van der Waals surface area contributed by atoms with Crippen molar-refractivity contribution in [1.82, 2.24) is 15.1 Å². The number of ether oxygens (including phenoxy) is 2. The van der Waals surface area contributed by atoms with Gasteiger partial charge >= 0.3 is 0 Å². The maximum Gasteiger partial charge on any atom is 0.258 e. The zero-order valence-electron chi connectivity index (χ0n) is 20.3. The molecule has 1 aromatic heterocycles. The van der Waals surface area contributed by atoms with Crippen molar-refractivity contribution in [3.8, 4) is 11.5 Å². The van der Waals surface area contributed by atoms with Gasteiger partial charge in [0.25, 0.3) is 5.91 Å². The van der Waals surface area contributed by atoms with Gasteiger partial charge in [-0.05, 0) is 69.7 Å². The minimum Gasteiger partial charge on any atom is -0.493 e. The highest BCUT2D eigenvalue weighted by Crippen LogP contribution is 2.27. The number of anilines is 1. The standard InChI is InChI=1S/C25H30ClN5O3/c1-7-31-17(4)20(16(3)30-31)14-27-25(28-21-10-9-19(26)12-15(21)2)29-24(32)18-8-11-22(33-5)23(13-18)34-6/h8-13H,7,14H2,1-6H3,(H2,27,28,29,32). The maximum atomic E-state index is 13.1. The van der Waals surface area contributed by atoms with Gasteiger partial charge < -0.3 is 14.8 Å². The van der Waals surface area contributed by atoms with Gasteiger partial charge in [-0.1, -0.05) is 11.6 Å². The second-order valence-electron chi connectivity index (χ2n) is 7.74. The second kappa shape index (κ2) is 11.1. The van der Waals surface area contributed by atoms with E-state index in [2.05, 4.69) is 15.7 Å². The molecule has 0 bridgehead atoms. The predicted octanol–water partition coefficient (Wildman–Crippen LogP) is 4.90. The summed E-state index contributed by atoms with van der Waals surface area (Å²) in [5.74, 6) is 0.986. The van der Waals surface area contributed by atoms with Crippen LogP contribution < -0.4 is 20.1 Å². The normalized spacial score (nSPS) is 11.3. The molecule has 0 aliphatic rings. The molecule has 0 unspecified atom stereocenters. The van der Waals surface area contributed by atoms with Gasteiger partial charge in [0.1, 0.15) is 0 Å². The fourth-order valence-corrected chi connectivity index (χ4v) is 3.82. The van der Waals surface area contributed by atoms with E-state index in [0.717, 1.165) is 34.7 Å². The Morgan fingerprint density at radius 1 is 1.09 bits per heavy atom. The number of nitrogens with one attached hydrogen (secondary N) is 2. The molecule has 180 valence electrons. The van der Waals surface area contributed by atoms with E-state index in [1.165, 1.54) is 7.11 Å². The summed E-state index contributed by atoms with van der Waals surface area (Å²) in [5.41, 5.74) is 5.11. The highest BCUT2D eigenvalue weighted by Gasteiger charge is 2.15. The molecule has 2 N–H and O–H groups in total. The average molecular weight is 484 g/mol. The number of nitrogens with zero attached hydrogens (tertiary/aromatic N) is 3. The van der Waals surface area contributed by atoms with Crippen LogP contribution in [0, 0.1) is 20.8 Å². The Balaban J connectivity index is 1.92. The van der Waals surface area contributed by atoms with E-state index in [-0.39, 0.29) is 5.91 Å². The fourth-order valence-electron chi connectivity index (χ4n) is 3.59. The van der Waals surface area contributed by atoms with Crippen LogP contribution in [0.4, 0.5) is 5.69 Å². The van der Waals surface area contributed by atoms with E-state index < -0.39 is 0 Å². The summed E-state index contributed by atoms with van der Waals surface area (Å²) >= 11 is 6.10. The van der Waals surface area contributed by atoms with E-state index >= 15 is 0 Å². The SMILES string of the molecule is CCn1nc(C)c(CN=C(NC(=O)c2ccc(OC)c(OC)c2)Nc2ccc(Cl)cc2C)c1C. The molecule has 0 aliphatic heterocycles. The molecule has 0 saturated heterocycles. The summed E-state index contributed by atoms with van der Waals surface area (Å²) in [5, 5.41) is 11.3. The molecule has 1 heterocycles. The molecular weight excluding hydrogens is 454 g/mol. The third-order valence-electron chi connectivity index (χ3n) is 5.55. The van der Waals surface area contributed by atoms with Crippen molar-refractivity contribution in [2.24, 2.45) is 4.99 Å². The van der Waals surface area contributed by atoms with Crippen LogP contribution in [0.2, 0.25) is 5.02 Å². The van der Waals surface area contributed by atoms with Crippen molar-refractivity contribution in [1.29, 1.82) is 0 Å². The van der Waals surface area contributed by atoms with Crippen molar-refractivity contribution in [3.05, 3.63) is 69.5 Å². The van der Waals surface area contributed by atoms with Gasteiger partial charge in [-0.15, -0.1) is 0 Å². The fraction of sp³-hybridized carbons (Fsp3) is 0.320. The van der Waals surface area contributed by atoms with Crippen LogP contribution in [0.15, 0.2) is 41.4 Å². The highest BCUT2D eigenvalue weighted by molar-refractivity contribution is 6.30. The number of carbonyl (C=O) groups is 1. The number of guanidine groups is 1. The number of hydrogen-bond acceptors (Lipinski definition) is 5. The van der Waals surface area contributed by atoms with Crippen molar-refractivity contribution in [2.45, 2.75) is 40.8 Å². The molecule has 3 aromatic rings. The van der Waals surface area contributed by atoms with Crippen molar-refractivity contribution >= 4 is 29.2 Å². The summed E-state index contributed by atoms with van der Waals surface area (Å²) in [7, 11) is 3.07. The zero-order chi connectivity index (χ0) is 24.8. The number of rotatable bonds is 7. The smallest absolute Gasteiger partial charge is 0.258 e. The lowest BCUT2D eigenvalue weighted by molar-refractivity contribution is 0.0976. The summed E-state index contributed by atoms with van der Waals surface area (Å²) in [6, 6.07) is 10.5. The molecule has 9 heteroatoms. The number of halogens is 1. The first-order valence-electron chi connectivity index (χ1n) is 10.9. The molecule has 3 rings (SSSR count). The van der Waals surface area contributed by atoms with Crippen LogP contribution in [0.3, 0.4) is 0 Å². The molecule has 0 radical (unpaired) electrons. The molecule has 2 aromatic carbocycles. The molecular formula is C25H30ClN5O3. The van der Waals surface area contributed by atoms with Crippen molar-refractivity contribution < 1.29 is 14.3 Å². The van der Waals surface area contributed by atoms with Crippen LogP contribution in [0.5, 0.6) is 11.5 Å². The molecule has 1 amide bonds. The molecule has 0 aliphatic carbocycles. The van der Waals surface area contributed by atoms with Crippen molar-refractivity contribution in [2.75, 3.05) is 19.5 Å². The Kier molecular flexibility index (Phi) is 8.17. The lowest BCUT2D eigenvalue weighted by Crippen LogP contribution is -2.36. The zero-order valence-corrected chi connectivity index (χ0v) is 21.1. The lowest BCUT2D eigenvalue weighted by atomic mass is 10.2. The summed E-state index contributed by atoms with van der Waals surface area (Å²) < 4.78 is 12.5. The summed E-state index contributed by atoms with van der Waals surface area (Å²) in [6.07, 6.45) is 0. The number of carbonyl (C=O) groups excluding carboxylic acids is 1.